The van der Waals surface area contributed by atoms with Crippen LogP contribution in [0, 0.1) is 0 Å². The van der Waals surface area contributed by atoms with E-state index in [9.17, 15) is 4.79 Å². The zero-order valence-corrected chi connectivity index (χ0v) is 7.88. The summed E-state index contributed by atoms with van der Waals surface area (Å²) in [5.41, 5.74) is 0. The Balaban J connectivity index is 2.42. The van der Waals surface area contributed by atoms with E-state index >= 15 is 0 Å². The minimum atomic E-state index is -0.0558. The van der Waals surface area contributed by atoms with E-state index in [1.165, 1.54) is 6.42 Å². The number of rotatable bonds is 2. The molecule has 0 unspecified atom stereocenters. The number of ether oxygens (including phenoxy) is 1. The number of hydrogen-bond donors (Lipinski definition) is 0. The van der Waals surface area contributed by atoms with E-state index < -0.39 is 0 Å². The molecule has 0 aromatic heterocycles. The summed E-state index contributed by atoms with van der Waals surface area (Å²) in [5, 5.41) is 0. The predicted molar refractivity (Wildman–Crippen MR) is 46.9 cm³/mol. The van der Waals surface area contributed by atoms with Gasteiger partial charge in [-0.15, -0.1) is 0 Å². The van der Waals surface area contributed by atoms with E-state index in [0.717, 1.165) is 19.4 Å². The highest BCUT2D eigenvalue weighted by atomic mass is 16.5. The lowest BCUT2D eigenvalue weighted by Gasteiger charge is -2.30. The van der Waals surface area contributed by atoms with Crippen molar-refractivity contribution in [1.29, 1.82) is 0 Å². The fraction of sp³-hybridized carbons (Fsp3) is 0.889. The van der Waals surface area contributed by atoms with Crippen molar-refractivity contribution < 1.29 is 9.53 Å². The van der Waals surface area contributed by atoms with Crippen LogP contribution in [0.5, 0.6) is 0 Å². The number of hydrogen-bond acceptors (Lipinski definition) is 3. The molecule has 0 radical (unpaired) electrons. The van der Waals surface area contributed by atoms with Gasteiger partial charge in [-0.1, -0.05) is 6.42 Å². The molecule has 1 fully saturated rings. The van der Waals surface area contributed by atoms with Gasteiger partial charge in [-0.25, -0.2) is 0 Å². The maximum absolute atomic E-state index is 11.3. The Hall–Kier alpha value is -0.570. The van der Waals surface area contributed by atoms with Gasteiger partial charge in [-0.05, 0) is 33.4 Å². The Morgan fingerprint density at radius 2 is 2.33 bits per heavy atom. The maximum atomic E-state index is 11.3. The summed E-state index contributed by atoms with van der Waals surface area (Å²) in [6, 6.07) is 0.0127. The van der Waals surface area contributed by atoms with Crippen molar-refractivity contribution in [1.82, 2.24) is 4.90 Å². The first-order chi connectivity index (χ1) is 5.75. The number of carbonyl (C=O) groups excluding carboxylic acids is 1. The third-order valence-corrected chi connectivity index (χ3v) is 2.33. The first-order valence-corrected chi connectivity index (χ1v) is 4.62. The highest BCUT2D eigenvalue weighted by Gasteiger charge is 2.26. The van der Waals surface area contributed by atoms with Crippen LogP contribution in [-0.2, 0) is 9.53 Å². The highest BCUT2D eigenvalue weighted by Crippen LogP contribution is 2.15. The molecular weight excluding hydrogens is 154 g/mol. The molecule has 1 saturated heterocycles. The molecule has 1 heterocycles. The molecule has 0 amide bonds. The minimum Gasteiger partial charge on any atom is -0.465 e. The van der Waals surface area contributed by atoms with Gasteiger partial charge in [0.1, 0.15) is 6.04 Å². The van der Waals surface area contributed by atoms with Gasteiger partial charge < -0.3 is 4.74 Å². The van der Waals surface area contributed by atoms with Crippen molar-refractivity contribution in [3.63, 3.8) is 0 Å². The summed E-state index contributed by atoms with van der Waals surface area (Å²) in [5.74, 6) is -0.0558. The third kappa shape index (κ3) is 2.21. The van der Waals surface area contributed by atoms with Gasteiger partial charge in [0.05, 0.1) is 6.61 Å². The van der Waals surface area contributed by atoms with Crippen LogP contribution in [0.25, 0.3) is 0 Å². The second-order valence-electron chi connectivity index (χ2n) is 3.24. The average molecular weight is 171 g/mol. The lowest BCUT2D eigenvalue weighted by Crippen LogP contribution is -2.42. The molecule has 12 heavy (non-hydrogen) atoms. The van der Waals surface area contributed by atoms with Gasteiger partial charge in [0.2, 0.25) is 0 Å². The summed E-state index contributed by atoms with van der Waals surface area (Å²) in [4.78, 5) is 13.4. The van der Waals surface area contributed by atoms with Gasteiger partial charge in [-0.2, -0.15) is 0 Å². The van der Waals surface area contributed by atoms with Gasteiger partial charge in [-0.3, -0.25) is 9.69 Å². The molecule has 0 spiro atoms. The van der Waals surface area contributed by atoms with Crippen LogP contribution in [0.1, 0.15) is 26.2 Å². The Morgan fingerprint density at radius 3 is 2.92 bits per heavy atom. The Kier molecular flexibility index (Phi) is 3.53. The zero-order chi connectivity index (χ0) is 8.97. The average Bonchev–Trinajstić information content (AvgIpc) is 2.05. The Morgan fingerprint density at radius 1 is 1.58 bits per heavy atom. The molecule has 0 N–H and O–H groups in total. The molecule has 1 atom stereocenters. The minimum absolute atomic E-state index is 0.0127. The predicted octanol–water partition coefficient (Wildman–Crippen LogP) is 1.03. The Bertz CT molecular complexity index is 159. The fourth-order valence-electron chi connectivity index (χ4n) is 1.61. The number of esters is 1. The summed E-state index contributed by atoms with van der Waals surface area (Å²) in [6.07, 6.45) is 3.30. The van der Waals surface area contributed by atoms with Gasteiger partial charge in [0.25, 0.3) is 0 Å². The van der Waals surface area contributed by atoms with E-state index in [0.29, 0.717) is 6.61 Å². The van der Waals surface area contributed by atoms with Crippen molar-refractivity contribution in [2.45, 2.75) is 32.2 Å². The molecule has 1 aliphatic heterocycles. The number of piperidine rings is 1. The van der Waals surface area contributed by atoms with Crippen molar-refractivity contribution in [3.8, 4) is 0 Å². The van der Waals surface area contributed by atoms with E-state index in [1.807, 2.05) is 14.0 Å². The van der Waals surface area contributed by atoms with E-state index in [-0.39, 0.29) is 12.0 Å². The molecule has 1 aliphatic rings. The van der Waals surface area contributed by atoms with Gasteiger partial charge >= 0.3 is 5.97 Å². The molecule has 1 rings (SSSR count). The topological polar surface area (TPSA) is 29.5 Å². The van der Waals surface area contributed by atoms with Gasteiger partial charge in [0.15, 0.2) is 0 Å². The molecule has 0 aliphatic carbocycles. The van der Waals surface area contributed by atoms with Crippen molar-refractivity contribution >= 4 is 5.97 Å². The fourth-order valence-corrected chi connectivity index (χ4v) is 1.61. The largest absolute Gasteiger partial charge is 0.465 e. The van der Waals surface area contributed by atoms with Crippen LogP contribution in [0.2, 0.25) is 0 Å². The van der Waals surface area contributed by atoms with Crippen LogP contribution in [-0.4, -0.2) is 37.1 Å². The van der Waals surface area contributed by atoms with Crippen molar-refractivity contribution in [2.75, 3.05) is 20.2 Å². The molecule has 3 heteroatoms. The lowest BCUT2D eigenvalue weighted by molar-refractivity contribution is -0.150. The SMILES string of the molecule is CCOC(=O)[C@@H]1CCCCN1C. The van der Waals surface area contributed by atoms with Crippen LogP contribution in [0.15, 0.2) is 0 Å². The summed E-state index contributed by atoms with van der Waals surface area (Å²) >= 11 is 0. The molecule has 70 valence electrons. The van der Waals surface area contributed by atoms with Crippen LogP contribution < -0.4 is 0 Å². The first kappa shape index (κ1) is 9.52. The second kappa shape index (κ2) is 4.45. The van der Waals surface area contributed by atoms with Gasteiger partial charge in [0, 0.05) is 0 Å². The second-order valence-corrected chi connectivity index (χ2v) is 3.24. The highest BCUT2D eigenvalue weighted by molar-refractivity contribution is 5.75. The molecule has 0 bridgehead atoms. The van der Waals surface area contributed by atoms with E-state index in [2.05, 4.69) is 4.90 Å². The third-order valence-electron chi connectivity index (χ3n) is 2.33. The van der Waals surface area contributed by atoms with Crippen LogP contribution >= 0.6 is 0 Å². The van der Waals surface area contributed by atoms with E-state index in [1.54, 1.807) is 0 Å². The summed E-state index contributed by atoms with van der Waals surface area (Å²) in [7, 11) is 1.99. The molecule has 0 aromatic rings. The zero-order valence-electron chi connectivity index (χ0n) is 7.88. The quantitative estimate of drug-likeness (QED) is 0.581. The lowest BCUT2D eigenvalue weighted by atomic mass is 10.0. The first-order valence-electron chi connectivity index (χ1n) is 4.62. The monoisotopic (exact) mass is 171 g/mol. The van der Waals surface area contributed by atoms with Crippen LogP contribution in [0.3, 0.4) is 0 Å². The van der Waals surface area contributed by atoms with Crippen molar-refractivity contribution in [3.05, 3.63) is 0 Å². The molecule has 0 saturated carbocycles. The molecular formula is C9H17NO2. The summed E-state index contributed by atoms with van der Waals surface area (Å²) < 4.78 is 4.97. The number of nitrogens with zero attached hydrogens (tertiary/aromatic N) is 1. The Labute approximate surface area is 73.7 Å². The number of carbonyl (C=O) groups is 1. The van der Waals surface area contributed by atoms with E-state index in [4.69, 9.17) is 4.74 Å². The standard InChI is InChI=1S/C9H17NO2/c1-3-12-9(11)8-6-4-5-7-10(8)2/h8H,3-7H2,1-2H3/t8-/m0/s1. The number of likely N-dealkylation sites (tertiary alicyclic amines) is 1. The van der Waals surface area contributed by atoms with Crippen LogP contribution in [0.4, 0.5) is 0 Å². The molecule has 3 nitrogen and oxygen atoms in total. The normalized spacial score (nSPS) is 25.3. The van der Waals surface area contributed by atoms with Crippen molar-refractivity contribution in [2.24, 2.45) is 0 Å². The number of likely N-dealkylation sites (N-methyl/N-ethyl adjacent to an activating group) is 1. The smallest absolute Gasteiger partial charge is 0.323 e. The molecule has 0 aromatic carbocycles. The summed E-state index contributed by atoms with van der Waals surface area (Å²) in [6.45, 7) is 3.35. The maximum Gasteiger partial charge on any atom is 0.323 e.